The van der Waals surface area contributed by atoms with Crippen molar-refractivity contribution in [1.29, 1.82) is 0 Å². The average molecular weight is 227 g/mol. The summed E-state index contributed by atoms with van der Waals surface area (Å²) in [5, 5.41) is 0.150. The standard InChI is InChI=1S/C10H13NO3S/c1-6(2)14-10(13)7-3-4-15-9-5-8(12)11(7)9/h3,6,9H,4-5H2,1-2H3. The quantitative estimate of drug-likeness (QED) is 0.524. The van der Waals surface area contributed by atoms with Crippen LogP contribution in [0.4, 0.5) is 0 Å². The van der Waals surface area contributed by atoms with Crippen molar-refractivity contribution < 1.29 is 14.3 Å². The van der Waals surface area contributed by atoms with E-state index in [1.165, 1.54) is 0 Å². The van der Waals surface area contributed by atoms with Crippen LogP contribution < -0.4 is 0 Å². The molecule has 0 saturated carbocycles. The van der Waals surface area contributed by atoms with Crippen molar-refractivity contribution in [2.24, 2.45) is 0 Å². The number of amides is 1. The molecule has 2 heterocycles. The summed E-state index contributed by atoms with van der Waals surface area (Å²) in [6, 6.07) is 0. The number of β-lactam (4-membered cyclic amide) rings is 1. The van der Waals surface area contributed by atoms with Crippen LogP contribution in [-0.4, -0.2) is 34.0 Å². The number of rotatable bonds is 2. The maximum absolute atomic E-state index is 11.7. The molecule has 1 unspecified atom stereocenters. The van der Waals surface area contributed by atoms with Crippen molar-refractivity contribution in [3.8, 4) is 0 Å². The van der Waals surface area contributed by atoms with Gasteiger partial charge in [-0.1, -0.05) is 0 Å². The van der Waals surface area contributed by atoms with Gasteiger partial charge < -0.3 is 4.74 Å². The minimum absolute atomic E-state index is 0.0131. The van der Waals surface area contributed by atoms with Gasteiger partial charge in [0.1, 0.15) is 5.70 Å². The third-order valence-corrected chi connectivity index (χ3v) is 3.40. The first-order chi connectivity index (χ1) is 7.09. The molecule has 1 amide bonds. The summed E-state index contributed by atoms with van der Waals surface area (Å²) in [4.78, 5) is 24.5. The highest BCUT2D eigenvalue weighted by Crippen LogP contribution is 2.37. The highest BCUT2D eigenvalue weighted by atomic mass is 32.2. The number of carbonyl (C=O) groups is 2. The van der Waals surface area contributed by atoms with Crippen LogP contribution in [0.15, 0.2) is 11.8 Å². The fourth-order valence-electron chi connectivity index (χ4n) is 1.60. The molecule has 2 aliphatic rings. The van der Waals surface area contributed by atoms with Crippen molar-refractivity contribution in [3.05, 3.63) is 11.8 Å². The second-order valence-corrected chi connectivity index (χ2v) is 5.01. The van der Waals surface area contributed by atoms with Crippen LogP contribution in [-0.2, 0) is 14.3 Å². The fourth-order valence-corrected chi connectivity index (χ4v) is 2.72. The van der Waals surface area contributed by atoms with Crippen LogP contribution in [0.1, 0.15) is 20.3 Å². The number of fused-ring (bicyclic) bond motifs is 1. The van der Waals surface area contributed by atoms with Crippen molar-refractivity contribution >= 4 is 23.6 Å². The predicted molar refractivity (Wildman–Crippen MR) is 57.0 cm³/mol. The predicted octanol–water partition coefficient (Wildman–Crippen LogP) is 1.13. The lowest BCUT2D eigenvalue weighted by Gasteiger charge is -2.42. The number of thioether (sulfide) groups is 1. The van der Waals surface area contributed by atoms with Gasteiger partial charge in [0.15, 0.2) is 0 Å². The first-order valence-electron chi connectivity index (χ1n) is 4.94. The molecule has 1 fully saturated rings. The number of hydrogen-bond acceptors (Lipinski definition) is 4. The Kier molecular flexibility index (Phi) is 2.73. The van der Waals surface area contributed by atoms with E-state index >= 15 is 0 Å². The van der Waals surface area contributed by atoms with Crippen molar-refractivity contribution in [2.45, 2.75) is 31.7 Å². The SMILES string of the molecule is CC(C)OC(=O)C1=CCSC2CC(=O)N12. The lowest BCUT2D eigenvalue weighted by molar-refractivity contribution is -0.151. The van der Waals surface area contributed by atoms with Crippen molar-refractivity contribution in [1.82, 2.24) is 4.90 Å². The van der Waals surface area contributed by atoms with Crippen LogP contribution in [0.25, 0.3) is 0 Å². The maximum Gasteiger partial charge on any atom is 0.355 e. The molecule has 0 N–H and O–H groups in total. The van der Waals surface area contributed by atoms with Crippen LogP contribution in [0, 0.1) is 0 Å². The fraction of sp³-hybridized carbons (Fsp3) is 0.600. The highest BCUT2D eigenvalue weighted by molar-refractivity contribution is 8.00. The van der Waals surface area contributed by atoms with Gasteiger partial charge in [-0.05, 0) is 19.9 Å². The second kappa shape index (κ2) is 3.89. The molecule has 0 radical (unpaired) electrons. The maximum atomic E-state index is 11.7. The third-order valence-electron chi connectivity index (χ3n) is 2.28. The summed E-state index contributed by atoms with van der Waals surface area (Å²) < 4.78 is 5.08. The summed E-state index contributed by atoms with van der Waals surface area (Å²) in [6.07, 6.45) is 2.16. The largest absolute Gasteiger partial charge is 0.458 e. The molecule has 4 nitrogen and oxygen atoms in total. The number of esters is 1. The minimum Gasteiger partial charge on any atom is -0.458 e. The first-order valence-corrected chi connectivity index (χ1v) is 5.99. The number of nitrogens with zero attached hydrogens (tertiary/aromatic N) is 1. The van der Waals surface area contributed by atoms with Gasteiger partial charge in [0.2, 0.25) is 5.91 Å². The van der Waals surface area contributed by atoms with Gasteiger partial charge in [0, 0.05) is 5.75 Å². The molecule has 5 heteroatoms. The highest BCUT2D eigenvalue weighted by Gasteiger charge is 2.43. The smallest absolute Gasteiger partial charge is 0.355 e. The van der Waals surface area contributed by atoms with E-state index in [1.54, 1.807) is 36.6 Å². The van der Waals surface area contributed by atoms with Crippen molar-refractivity contribution in [3.63, 3.8) is 0 Å². The summed E-state index contributed by atoms with van der Waals surface area (Å²) in [6.45, 7) is 3.59. The van der Waals surface area contributed by atoms with E-state index in [4.69, 9.17) is 4.74 Å². The number of carbonyl (C=O) groups excluding carboxylic acids is 2. The third kappa shape index (κ3) is 1.88. The lowest BCUT2D eigenvalue weighted by atomic mass is 10.1. The Hall–Kier alpha value is -0.970. The molecule has 1 atom stereocenters. The van der Waals surface area contributed by atoms with E-state index in [-0.39, 0.29) is 23.4 Å². The summed E-state index contributed by atoms with van der Waals surface area (Å²) >= 11 is 1.68. The second-order valence-electron chi connectivity index (χ2n) is 3.80. The van der Waals surface area contributed by atoms with E-state index in [1.807, 2.05) is 0 Å². The molecular weight excluding hydrogens is 214 g/mol. The Balaban J connectivity index is 2.10. The Morgan fingerprint density at radius 3 is 3.00 bits per heavy atom. The van der Waals surface area contributed by atoms with Crippen LogP contribution in [0.2, 0.25) is 0 Å². The normalized spacial score (nSPS) is 24.5. The topological polar surface area (TPSA) is 46.6 Å². The molecule has 82 valence electrons. The summed E-state index contributed by atoms with van der Waals surface area (Å²) in [5.74, 6) is 0.402. The molecule has 2 aliphatic heterocycles. The zero-order valence-electron chi connectivity index (χ0n) is 8.73. The van der Waals surface area contributed by atoms with E-state index in [9.17, 15) is 9.59 Å². The summed E-state index contributed by atoms with van der Waals surface area (Å²) in [5.41, 5.74) is 0.420. The number of hydrogen-bond donors (Lipinski definition) is 0. The van der Waals surface area contributed by atoms with E-state index in [0.29, 0.717) is 12.1 Å². The van der Waals surface area contributed by atoms with E-state index in [2.05, 4.69) is 0 Å². The van der Waals surface area contributed by atoms with Gasteiger partial charge in [0.25, 0.3) is 0 Å². The molecule has 15 heavy (non-hydrogen) atoms. The minimum atomic E-state index is -0.386. The van der Waals surface area contributed by atoms with Gasteiger partial charge in [0.05, 0.1) is 17.9 Å². The van der Waals surface area contributed by atoms with Gasteiger partial charge in [-0.15, -0.1) is 11.8 Å². The molecule has 0 aromatic carbocycles. The Bertz CT molecular complexity index is 338. The summed E-state index contributed by atoms with van der Waals surface area (Å²) in [7, 11) is 0. The zero-order chi connectivity index (χ0) is 11.0. The van der Waals surface area contributed by atoms with Crippen molar-refractivity contribution in [2.75, 3.05) is 5.75 Å². The molecule has 2 rings (SSSR count). The monoisotopic (exact) mass is 227 g/mol. The molecule has 0 aliphatic carbocycles. The first kappa shape index (κ1) is 10.5. The van der Waals surface area contributed by atoms with Crippen LogP contribution >= 0.6 is 11.8 Å². The Labute approximate surface area is 92.6 Å². The molecule has 0 bridgehead atoms. The van der Waals surface area contributed by atoms with Gasteiger partial charge in [-0.2, -0.15) is 0 Å². The lowest BCUT2D eigenvalue weighted by Crippen LogP contribution is -2.53. The Morgan fingerprint density at radius 1 is 1.67 bits per heavy atom. The van der Waals surface area contributed by atoms with Crippen LogP contribution in [0.3, 0.4) is 0 Å². The van der Waals surface area contributed by atoms with Gasteiger partial charge in [-0.3, -0.25) is 9.69 Å². The zero-order valence-corrected chi connectivity index (χ0v) is 9.54. The Morgan fingerprint density at radius 2 is 2.40 bits per heavy atom. The molecule has 0 spiro atoms. The molecule has 1 saturated heterocycles. The van der Waals surface area contributed by atoms with E-state index < -0.39 is 0 Å². The van der Waals surface area contributed by atoms with Crippen LogP contribution in [0.5, 0.6) is 0 Å². The van der Waals surface area contributed by atoms with Gasteiger partial charge in [-0.25, -0.2) is 4.79 Å². The molecule has 0 aromatic rings. The van der Waals surface area contributed by atoms with E-state index in [0.717, 1.165) is 5.75 Å². The molecule has 0 aromatic heterocycles. The average Bonchev–Trinajstić information content (AvgIpc) is 2.14. The molecular formula is C10H13NO3S. The van der Waals surface area contributed by atoms with Gasteiger partial charge >= 0.3 is 5.97 Å². The number of ether oxygens (including phenoxy) is 1.